The van der Waals surface area contributed by atoms with Crippen molar-refractivity contribution in [1.82, 2.24) is 4.90 Å². The predicted molar refractivity (Wildman–Crippen MR) is 109 cm³/mol. The van der Waals surface area contributed by atoms with Crippen molar-refractivity contribution in [3.63, 3.8) is 0 Å². The van der Waals surface area contributed by atoms with Crippen LogP contribution in [-0.2, 0) is 4.79 Å². The van der Waals surface area contributed by atoms with Gasteiger partial charge in [0.1, 0.15) is 11.6 Å². The molecule has 148 valence electrons. The van der Waals surface area contributed by atoms with Crippen molar-refractivity contribution in [1.29, 1.82) is 0 Å². The van der Waals surface area contributed by atoms with Gasteiger partial charge in [-0.3, -0.25) is 9.59 Å². The van der Waals surface area contributed by atoms with Crippen LogP contribution >= 0.6 is 11.8 Å². The van der Waals surface area contributed by atoms with Crippen molar-refractivity contribution in [3.05, 3.63) is 53.8 Å². The summed E-state index contributed by atoms with van der Waals surface area (Å²) >= 11 is 1.46. The number of methoxy groups -OCH3 is 1. The van der Waals surface area contributed by atoms with Crippen molar-refractivity contribution < 1.29 is 18.7 Å². The topological polar surface area (TPSA) is 49.9 Å². The van der Waals surface area contributed by atoms with Crippen molar-refractivity contribution >= 4 is 29.1 Å². The minimum Gasteiger partial charge on any atom is -0.496 e. The maximum absolute atomic E-state index is 14.3. The Labute approximate surface area is 168 Å². The highest BCUT2D eigenvalue weighted by Crippen LogP contribution is 2.29. The van der Waals surface area contributed by atoms with Crippen LogP contribution in [0.15, 0.2) is 47.4 Å². The molecule has 0 unspecified atom stereocenters. The maximum atomic E-state index is 14.3. The molecule has 0 N–H and O–H groups in total. The second-order valence-corrected chi connectivity index (χ2v) is 7.55. The number of rotatable bonds is 6. The molecule has 1 aliphatic rings. The molecule has 2 aromatic rings. The molecule has 0 bridgehead atoms. The van der Waals surface area contributed by atoms with Gasteiger partial charge in [-0.2, -0.15) is 0 Å². The standard InChI is InChI=1S/C21H23FN2O3S/c1-15(25)16-7-8-18(17(22)13-16)23-9-11-24(12-10-23)21(26)14-28-20-6-4-3-5-19(20)27-2/h3-8,13H,9-12,14H2,1-2H3. The number of ether oxygens (including phenoxy) is 1. The lowest BCUT2D eigenvalue weighted by Crippen LogP contribution is -2.49. The highest BCUT2D eigenvalue weighted by Gasteiger charge is 2.23. The Morgan fingerprint density at radius 3 is 2.46 bits per heavy atom. The molecule has 0 spiro atoms. The third-order valence-corrected chi connectivity index (χ3v) is 5.79. The third-order valence-electron chi connectivity index (χ3n) is 4.75. The molecule has 1 fully saturated rings. The van der Waals surface area contributed by atoms with E-state index in [1.807, 2.05) is 29.2 Å². The molecule has 1 saturated heterocycles. The molecule has 3 rings (SSSR count). The summed E-state index contributed by atoms with van der Waals surface area (Å²) in [5.41, 5.74) is 0.837. The van der Waals surface area contributed by atoms with Gasteiger partial charge >= 0.3 is 0 Å². The van der Waals surface area contributed by atoms with Gasteiger partial charge in [-0.15, -0.1) is 11.8 Å². The van der Waals surface area contributed by atoms with E-state index in [1.165, 1.54) is 24.8 Å². The molecular formula is C21H23FN2O3S. The Kier molecular flexibility index (Phi) is 6.57. The highest BCUT2D eigenvalue weighted by molar-refractivity contribution is 8.00. The van der Waals surface area contributed by atoms with Crippen molar-refractivity contribution in [2.75, 3.05) is 43.9 Å². The average Bonchev–Trinajstić information content (AvgIpc) is 2.72. The summed E-state index contributed by atoms with van der Waals surface area (Å²) in [6.07, 6.45) is 0. The summed E-state index contributed by atoms with van der Waals surface area (Å²) < 4.78 is 19.7. The maximum Gasteiger partial charge on any atom is 0.233 e. The number of hydrogen-bond donors (Lipinski definition) is 0. The van der Waals surface area contributed by atoms with Crippen LogP contribution in [0.2, 0.25) is 0 Å². The molecule has 0 aromatic heterocycles. The molecule has 1 heterocycles. The summed E-state index contributed by atoms with van der Waals surface area (Å²) in [4.78, 5) is 28.6. The molecule has 7 heteroatoms. The second kappa shape index (κ2) is 9.10. The largest absolute Gasteiger partial charge is 0.496 e. The van der Waals surface area contributed by atoms with Gasteiger partial charge < -0.3 is 14.5 Å². The molecule has 0 radical (unpaired) electrons. The predicted octanol–water partition coefficient (Wildman–Crippen LogP) is 3.48. The first-order chi connectivity index (χ1) is 13.5. The van der Waals surface area contributed by atoms with E-state index < -0.39 is 5.82 Å². The van der Waals surface area contributed by atoms with Crippen LogP contribution in [0, 0.1) is 5.82 Å². The van der Waals surface area contributed by atoms with Gasteiger partial charge in [-0.1, -0.05) is 12.1 Å². The van der Waals surface area contributed by atoms with E-state index in [2.05, 4.69) is 0 Å². The number of anilines is 1. The lowest BCUT2D eigenvalue weighted by molar-refractivity contribution is -0.128. The van der Waals surface area contributed by atoms with E-state index in [1.54, 1.807) is 24.1 Å². The second-order valence-electron chi connectivity index (χ2n) is 6.53. The molecule has 1 aliphatic heterocycles. The van der Waals surface area contributed by atoms with E-state index in [0.717, 1.165) is 10.6 Å². The number of para-hydroxylation sites is 1. The number of amides is 1. The van der Waals surface area contributed by atoms with Gasteiger partial charge in [0.2, 0.25) is 5.91 Å². The molecule has 2 aromatic carbocycles. The van der Waals surface area contributed by atoms with Crippen molar-refractivity contribution in [2.45, 2.75) is 11.8 Å². The Balaban J connectivity index is 1.55. The smallest absolute Gasteiger partial charge is 0.233 e. The van der Waals surface area contributed by atoms with E-state index in [4.69, 9.17) is 4.74 Å². The molecule has 28 heavy (non-hydrogen) atoms. The molecule has 1 amide bonds. The third kappa shape index (κ3) is 4.65. The Morgan fingerprint density at radius 1 is 1.11 bits per heavy atom. The number of piperazine rings is 1. The van der Waals surface area contributed by atoms with Crippen LogP contribution in [0.5, 0.6) is 5.75 Å². The first kappa shape index (κ1) is 20.2. The normalized spacial score (nSPS) is 14.1. The molecular weight excluding hydrogens is 379 g/mol. The van der Waals surface area contributed by atoms with Gasteiger partial charge in [0.15, 0.2) is 5.78 Å². The van der Waals surface area contributed by atoms with E-state index in [0.29, 0.717) is 43.2 Å². The molecule has 0 atom stereocenters. The quantitative estimate of drug-likeness (QED) is 0.547. The minimum atomic E-state index is -0.404. The Bertz CT molecular complexity index is 866. The number of ketones is 1. The van der Waals surface area contributed by atoms with E-state index >= 15 is 0 Å². The number of Topliss-reactive ketones (excluding diaryl/α,β-unsaturated/α-hetero) is 1. The van der Waals surface area contributed by atoms with Gasteiger partial charge in [-0.05, 0) is 37.3 Å². The van der Waals surface area contributed by atoms with Crippen LogP contribution in [0.25, 0.3) is 0 Å². The number of benzene rings is 2. The van der Waals surface area contributed by atoms with E-state index in [-0.39, 0.29) is 11.7 Å². The van der Waals surface area contributed by atoms with Crippen molar-refractivity contribution in [2.24, 2.45) is 0 Å². The van der Waals surface area contributed by atoms with Crippen LogP contribution in [0.1, 0.15) is 17.3 Å². The molecule has 0 aliphatic carbocycles. The lowest BCUT2D eigenvalue weighted by atomic mass is 10.1. The van der Waals surface area contributed by atoms with Gasteiger partial charge in [0.05, 0.1) is 18.6 Å². The minimum absolute atomic E-state index is 0.0583. The Morgan fingerprint density at radius 2 is 1.82 bits per heavy atom. The number of halogens is 1. The molecule has 0 saturated carbocycles. The van der Waals surface area contributed by atoms with Crippen LogP contribution in [0.4, 0.5) is 10.1 Å². The van der Waals surface area contributed by atoms with Gasteiger partial charge in [0.25, 0.3) is 0 Å². The first-order valence-electron chi connectivity index (χ1n) is 9.08. The zero-order valence-corrected chi connectivity index (χ0v) is 16.8. The van der Waals surface area contributed by atoms with Crippen LogP contribution in [0.3, 0.4) is 0 Å². The molecule has 5 nitrogen and oxygen atoms in total. The number of thioether (sulfide) groups is 1. The van der Waals surface area contributed by atoms with E-state index in [9.17, 15) is 14.0 Å². The van der Waals surface area contributed by atoms with Crippen molar-refractivity contribution in [3.8, 4) is 5.75 Å². The summed E-state index contributed by atoms with van der Waals surface area (Å²) in [5, 5.41) is 0. The van der Waals surface area contributed by atoms with Crippen LogP contribution < -0.4 is 9.64 Å². The summed E-state index contributed by atoms with van der Waals surface area (Å²) in [6, 6.07) is 12.2. The number of hydrogen-bond acceptors (Lipinski definition) is 5. The average molecular weight is 402 g/mol. The number of carbonyl (C=O) groups excluding carboxylic acids is 2. The fourth-order valence-electron chi connectivity index (χ4n) is 3.15. The summed E-state index contributed by atoms with van der Waals surface area (Å²) in [6.45, 7) is 3.61. The number of nitrogens with zero attached hydrogens (tertiary/aromatic N) is 2. The lowest BCUT2D eigenvalue weighted by Gasteiger charge is -2.36. The summed E-state index contributed by atoms with van der Waals surface area (Å²) in [5.74, 6) is 0.590. The summed E-state index contributed by atoms with van der Waals surface area (Å²) in [7, 11) is 1.61. The van der Waals surface area contributed by atoms with Crippen LogP contribution in [-0.4, -0.2) is 55.6 Å². The fraction of sp³-hybridized carbons (Fsp3) is 0.333. The zero-order valence-electron chi connectivity index (χ0n) is 16.0. The monoisotopic (exact) mass is 402 g/mol. The highest BCUT2D eigenvalue weighted by atomic mass is 32.2. The van der Waals surface area contributed by atoms with Gasteiger partial charge in [0, 0.05) is 36.6 Å². The van der Waals surface area contributed by atoms with Gasteiger partial charge in [-0.25, -0.2) is 4.39 Å². The SMILES string of the molecule is COc1ccccc1SCC(=O)N1CCN(c2ccc(C(C)=O)cc2F)CC1. The first-order valence-corrected chi connectivity index (χ1v) is 10.1. The fourth-order valence-corrected chi connectivity index (χ4v) is 4.08. The zero-order chi connectivity index (χ0) is 20.1. The Hall–Kier alpha value is -2.54. The number of carbonyl (C=O) groups is 2.